The highest BCUT2D eigenvalue weighted by Crippen LogP contribution is 2.34. The van der Waals surface area contributed by atoms with Crippen LogP contribution in [0.15, 0.2) is 53.6 Å². The lowest BCUT2D eigenvalue weighted by Gasteiger charge is -2.31. The largest absolute Gasteiger partial charge is 0.466 e. The molecule has 6 nitrogen and oxygen atoms in total. The van der Waals surface area contributed by atoms with Gasteiger partial charge < -0.3 is 4.74 Å². The van der Waals surface area contributed by atoms with E-state index >= 15 is 0 Å². The molecule has 0 N–H and O–H groups in total. The normalized spacial score (nSPS) is 19.4. The zero-order valence-electron chi connectivity index (χ0n) is 19.2. The van der Waals surface area contributed by atoms with E-state index in [9.17, 15) is 9.59 Å². The number of amides is 1. The van der Waals surface area contributed by atoms with E-state index in [1.54, 1.807) is 5.01 Å². The van der Waals surface area contributed by atoms with E-state index in [0.717, 1.165) is 22.4 Å². The van der Waals surface area contributed by atoms with Gasteiger partial charge in [-0.15, -0.1) is 0 Å². The highest BCUT2D eigenvalue weighted by atomic mass is 35.5. The van der Waals surface area contributed by atoms with Gasteiger partial charge in [0.25, 0.3) is 5.91 Å². The molecule has 0 bridgehead atoms. The maximum Gasteiger partial charge on any atom is 0.309 e. The van der Waals surface area contributed by atoms with Crippen LogP contribution in [0.1, 0.15) is 48.9 Å². The van der Waals surface area contributed by atoms with Crippen molar-refractivity contribution in [3.05, 3.63) is 70.2 Å². The molecule has 7 heteroatoms. The van der Waals surface area contributed by atoms with Crippen molar-refractivity contribution in [1.29, 1.82) is 0 Å². The molecule has 4 rings (SSSR count). The number of carbonyl (C=O) groups excluding carboxylic acids is 2. The molecule has 2 aromatic rings. The molecule has 0 saturated carbocycles. The summed E-state index contributed by atoms with van der Waals surface area (Å²) in [4.78, 5) is 27.5. The number of esters is 1. The Morgan fingerprint density at radius 3 is 2.52 bits per heavy atom. The minimum Gasteiger partial charge on any atom is -0.466 e. The van der Waals surface area contributed by atoms with E-state index in [0.29, 0.717) is 44.0 Å². The summed E-state index contributed by atoms with van der Waals surface area (Å²) in [5, 5.41) is 7.08. The first kappa shape index (κ1) is 23.5. The first-order chi connectivity index (χ1) is 15.9. The molecule has 0 radical (unpaired) electrons. The van der Waals surface area contributed by atoms with Crippen molar-refractivity contribution in [2.24, 2.45) is 11.0 Å². The van der Waals surface area contributed by atoms with Gasteiger partial charge in [0.15, 0.2) is 0 Å². The Labute approximate surface area is 200 Å². The van der Waals surface area contributed by atoms with Gasteiger partial charge in [0.05, 0.1) is 30.8 Å². The van der Waals surface area contributed by atoms with Gasteiger partial charge in [0.2, 0.25) is 0 Å². The number of likely N-dealkylation sites (tertiary alicyclic amines) is 1. The number of carbonyl (C=O) groups is 2. The van der Waals surface area contributed by atoms with E-state index in [-0.39, 0.29) is 30.4 Å². The van der Waals surface area contributed by atoms with Crippen LogP contribution < -0.4 is 0 Å². The molecular formula is C26H30ClN3O3. The molecule has 0 aliphatic carbocycles. The highest BCUT2D eigenvalue weighted by Gasteiger charge is 2.35. The van der Waals surface area contributed by atoms with E-state index in [4.69, 9.17) is 21.4 Å². The van der Waals surface area contributed by atoms with Gasteiger partial charge in [0.1, 0.15) is 0 Å². The fraction of sp³-hybridized carbons (Fsp3) is 0.423. The quantitative estimate of drug-likeness (QED) is 0.582. The van der Waals surface area contributed by atoms with E-state index in [2.05, 4.69) is 24.0 Å². The van der Waals surface area contributed by atoms with Crippen LogP contribution in [0.4, 0.5) is 0 Å². The predicted octanol–water partition coefficient (Wildman–Crippen LogP) is 4.60. The first-order valence-corrected chi connectivity index (χ1v) is 11.9. The van der Waals surface area contributed by atoms with Gasteiger partial charge in [-0.1, -0.05) is 53.6 Å². The molecule has 1 fully saturated rings. The van der Waals surface area contributed by atoms with Gasteiger partial charge in [-0.25, -0.2) is 5.01 Å². The average molecular weight is 468 g/mol. The Morgan fingerprint density at radius 1 is 1.12 bits per heavy atom. The molecule has 1 unspecified atom stereocenters. The maximum absolute atomic E-state index is 13.4. The van der Waals surface area contributed by atoms with Crippen molar-refractivity contribution < 1.29 is 14.3 Å². The molecule has 2 aliphatic heterocycles. The van der Waals surface area contributed by atoms with Crippen molar-refractivity contribution in [2.75, 3.05) is 26.2 Å². The predicted molar refractivity (Wildman–Crippen MR) is 129 cm³/mol. The number of rotatable bonds is 6. The molecule has 2 heterocycles. The molecular weight excluding hydrogens is 438 g/mol. The molecule has 33 heavy (non-hydrogen) atoms. The fourth-order valence-corrected chi connectivity index (χ4v) is 4.66. The first-order valence-electron chi connectivity index (χ1n) is 11.6. The van der Waals surface area contributed by atoms with Crippen LogP contribution in [0.5, 0.6) is 0 Å². The van der Waals surface area contributed by atoms with E-state index in [1.165, 1.54) is 0 Å². The summed E-state index contributed by atoms with van der Waals surface area (Å²) < 4.78 is 5.15. The maximum atomic E-state index is 13.4. The number of aryl methyl sites for hydroxylation is 1. The minimum absolute atomic E-state index is 0.0350. The smallest absolute Gasteiger partial charge is 0.309 e. The van der Waals surface area contributed by atoms with Crippen molar-refractivity contribution in [2.45, 2.75) is 39.2 Å². The number of benzene rings is 2. The lowest BCUT2D eigenvalue weighted by molar-refractivity contribution is -0.149. The van der Waals surface area contributed by atoms with Gasteiger partial charge in [-0.3, -0.25) is 14.5 Å². The number of hydrogen-bond donors (Lipinski definition) is 0. The van der Waals surface area contributed by atoms with Gasteiger partial charge in [-0.2, -0.15) is 5.10 Å². The third kappa shape index (κ3) is 5.63. The average Bonchev–Trinajstić information content (AvgIpc) is 3.26. The zero-order valence-corrected chi connectivity index (χ0v) is 19.9. The van der Waals surface area contributed by atoms with Crippen molar-refractivity contribution >= 4 is 29.2 Å². The Hall–Kier alpha value is -2.70. The van der Waals surface area contributed by atoms with E-state index in [1.807, 2.05) is 43.3 Å². The van der Waals surface area contributed by atoms with Crippen LogP contribution in [0, 0.1) is 12.8 Å². The summed E-state index contributed by atoms with van der Waals surface area (Å²) in [5.74, 6) is -0.235. The zero-order chi connectivity index (χ0) is 23.4. The van der Waals surface area contributed by atoms with Crippen molar-refractivity contribution in [3.8, 4) is 0 Å². The third-order valence-corrected chi connectivity index (χ3v) is 6.59. The molecule has 2 aromatic carbocycles. The van der Waals surface area contributed by atoms with Crippen LogP contribution in [0.25, 0.3) is 0 Å². The lowest BCUT2D eigenvalue weighted by atomic mass is 9.96. The van der Waals surface area contributed by atoms with Gasteiger partial charge in [-0.05, 0) is 63.0 Å². The van der Waals surface area contributed by atoms with Crippen LogP contribution in [-0.4, -0.2) is 53.7 Å². The van der Waals surface area contributed by atoms with Gasteiger partial charge in [0, 0.05) is 11.4 Å². The third-order valence-electron chi connectivity index (χ3n) is 6.34. The standard InChI is InChI=1S/C26H30ClN3O3/c1-3-33-26(32)20-11-13-29(14-12-20)17-25(31)30-24(19-7-9-22(27)10-8-19)16-23(28-30)21-6-4-5-18(2)15-21/h4-10,15,20,24H,3,11-14,16-17H2,1-2H3. The Kier molecular flexibility index (Phi) is 7.46. The monoisotopic (exact) mass is 467 g/mol. The number of ether oxygens (including phenoxy) is 1. The summed E-state index contributed by atoms with van der Waals surface area (Å²) >= 11 is 6.09. The molecule has 174 valence electrons. The van der Waals surface area contributed by atoms with Crippen molar-refractivity contribution in [1.82, 2.24) is 9.91 Å². The SMILES string of the molecule is CCOC(=O)C1CCN(CC(=O)N2N=C(c3cccc(C)c3)CC2c2ccc(Cl)cc2)CC1. The minimum atomic E-state index is -0.164. The number of hydrogen-bond acceptors (Lipinski definition) is 5. The molecule has 1 atom stereocenters. The Morgan fingerprint density at radius 2 is 1.85 bits per heavy atom. The number of piperidine rings is 1. The molecule has 0 aromatic heterocycles. The van der Waals surface area contributed by atoms with Crippen LogP contribution in [0.2, 0.25) is 5.02 Å². The molecule has 0 spiro atoms. The fourth-order valence-electron chi connectivity index (χ4n) is 4.53. The number of halogens is 1. The Balaban J connectivity index is 1.49. The van der Waals surface area contributed by atoms with E-state index < -0.39 is 0 Å². The molecule has 1 amide bonds. The summed E-state index contributed by atoms with van der Waals surface area (Å²) in [6.07, 6.45) is 2.08. The summed E-state index contributed by atoms with van der Waals surface area (Å²) in [6.45, 7) is 5.96. The summed E-state index contributed by atoms with van der Waals surface area (Å²) in [5.41, 5.74) is 4.13. The molecule has 2 aliphatic rings. The highest BCUT2D eigenvalue weighted by molar-refractivity contribution is 6.30. The number of nitrogens with zero attached hydrogens (tertiary/aromatic N) is 3. The van der Waals surface area contributed by atoms with Crippen LogP contribution in [-0.2, 0) is 14.3 Å². The molecule has 1 saturated heterocycles. The number of hydrazone groups is 1. The second kappa shape index (κ2) is 10.5. The lowest BCUT2D eigenvalue weighted by Crippen LogP contribution is -2.43. The topological polar surface area (TPSA) is 62.2 Å². The van der Waals surface area contributed by atoms with Crippen LogP contribution >= 0.6 is 11.6 Å². The second-order valence-electron chi connectivity index (χ2n) is 8.73. The summed E-state index contributed by atoms with van der Waals surface area (Å²) in [7, 11) is 0. The van der Waals surface area contributed by atoms with Gasteiger partial charge >= 0.3 is 5.97 Å². The summed E-state index contributed by atoms with van der Waals surface area (Å²) in [6, 6.07) is 15.7. The van der Waals surface area contributed by atoms with Crippen LogP contribution in [0.3, 0.4) is 0 Å². The van der Waals surface area contributed by atoms with Crippen molar-refractivity contribution in [3.63, 3.8) is 0 Å². The second-order valence-corrected chi connectivity index (χ2v) is 9.16. The Bertz CT molecular complexity index is 1030.